The number of amides is 1. The fourth-order valence-corrected chi connectivity index (χ4v) is 3.25. The topological polar surface area (TPSA) is 80.5 Å². The fourth-order valence-electron chi connectivity index (χ4n) is 2.00. The van der Waals surface area contributed by atoms with Crippen molar-refractivity contribution in [2.24, 2.45) is 0 Å². The molecule has 0 fully saturated rings. The quantitative estimate of drug-likeness (QED) is 0.475. The predicted octanol–water partition coefficient (Wildman–Crippen LogP) is 2.05. The van der Waals surface area contributed by atoms with E-state index in [4.69, 9.17) is 0 Å². The van der Waals surface area contributed by atoms with Gasteiger partial charge in [-0.3, -0.25) is 14.9 Å². The van der Waals surface area contributed by atoms with Crippen LogP contribution in [0.1, 0.15) is 24.2 Å². The Morgan fingerprint density at radius 1 is 1.30 bits per heavy atom. The van der Waals surface area contributed by atoms with E-state index in [0.717, 1.165) is 0 Å². The molecule has 1 aromatic rings. The van der Waals surface area contributed by atoms with Gasteiger partial charge in [0, 0.05) is 6.07 Å². The second kappa shape index (κ2) is 5.54. The number of hydrogen-bond donors (Lipinski definition) is 0. The number of benzene rings is 1. The van der Waals surface area contributed by atoms with Gasteiger partial charge in [0.1, 0.15) is 16.5 Å². The molecule has 7 heteroatoms. The second-order valence-electron chi connectivity index (χ2n) is 4.51. The molecule has 0 N–H and O–H groups in total. The van der Waals surface area contributed by atoms with E-state index in [0.29, 0.717) is 0 Å². The summed E-state index contributed by atoms with van der Waals surface area (Å²) in [6, 6.07) is 5.34. The van der Waals surface area contributed by atoms with E-state index < -0.39 is 21.8 Å². The fraction of sp³-hybridized carbons (Fsp3) is 0.308. The Balaban J connectivity index is 2.44. The Labute approximate surface area is 118 Å². The van der Waals surface area contributed by atoms with Crippen LogP contribution in [-0.4, -0.2) is 30.6 Å². The minimum atomic E-state index is -1.53. The van der Waals surface area contributed by atoms with Crippen LogP contribution < -0.4 is 0 Å². The zero-order valence-electron chi connectivity index (χ0n) is 11.1. The van der Waals surface area contributed by atoms with E-state index >= 15 is 0 Å². The van der Waals surface area contributed by atoms with Crippen LogP contribution >= 0.6 is 0 Å². The zero-order chi connectivity index (χ0) is 14.9. The van der Waals surface area contributed by atoms with Crippen LogP contribution in [0.15, 0.2) is 36.4 Å². The highest BCUT2D eigenvalue weighted by atomic mass is 32.2. The monoisotopic (exact) mass is 294 g/mol. The van der Waals surface area contributed by atoms with E-state index in [1.165, 1.54) is 22.5 Å². The van der Waals surface area contributed by atoms with E-state index in [2.05, 4.69) is 0 Å². The molecule has 106 valence electrons. The zero-order valence-corrected chi connectivity index (χ0v) is 11.9. The molecule has 1 unspecified atom stereocenters. The molecule has 0 bridgehead atoms. The molecule has 2 rings (SSSR count). The molecule has 1 amide bonds. The van der Waals surface area contributed by atoms with Gasteiger partial charge in [-0.2, -0.15) is 0 Å². The van der Waals surface area contributed by atoms with Gasteiger partial charge in [0.15, 0.2) is 0 Å². The molecular formula is C13H14N2O4S. The number of para-hydroxylation sites is 1. The Bertz CT molecular complexity index is 614. The lowest BCUT2D eigenvalue weighted by Crippen LogP contribution is -2.44. The Morgan fingerprint density at radius 2 is 1.95 bits per heavy atom. The van der Waals surface area contributed by atoms with E-state index in [-0.39, 0.29) is 22.5 Å². The van der Waals surface area contributed by atoms with Crippen LogP contribution in [0.3, 0.4) is 0 Å². The molecule has 0 saturated heterocycles. The van der Waals surface area contributed by atoms with Gasteiger partial charge >= 0.3 is 0 Å². The molecule has 0 aliphatic carbocycles. The first-order valence-corrected chi connectivity index (χ1v) is 7.26. The third kappa shape index (κ3) is 2.49. The van der Waals surface area contributed by atoms with Gasteiger partial charge < -0.3 is 0 Å². The average Bonchev–Trinajstić information content (AvgIpc) is 2.43. The van der Waals surface area contributed by atoms with Crippen molar-refractivity contribution >= 4 is 22.6 Å². The lowest BCUT2D eigenvalue weighted by Gasteiger charge is -2.31. The summed E-state index contributed by atoms with van der Waals surface area (Å²) in [5.74, 6) is -0.584. The number of nitrogens with zero attached hydrogens (tertiary/aromatic N) is 2. The summed E-state index contributed by atoms with van der Waals surface area (Å²) < 4.78 is 13.4. The van der Waals surface area contributed by atoms with Gasteiger partial charge in [0.2, 0.25) is 0 Å². The highest BCUT2D eigenvalue weighted by Crippen LogP contribution is 2.24. The van der Waals surface area contributed by atoms with Crippen LogP contribution in [0.4, 0.5) is 5.69 Å². The molecule has 0 saturated carbocycles. The maximum absolute atomic E-state index is 12.5. The number of rotatable bonds is 2. The standard InChI is InChI=1S/C13H14N2O4S/c1-9-7-8-10(2)20(19)14(9)13(16)11-5-3-4-6-12(11)15(17)18/h3-10H,1-2H3/t9-,10+,20?/m0/s1. The minimum Gasteiger partial charge on any atom is -0.268 e. The minimum absolute atomic E-state index is 0.0415. The van der Waals surface area contributed by atoms with Crippen molar-refractivity contribution < 1.29 is 13.9 Å². The van der Waals surface area contributed by atoms with Crippen molar-refractivity contribution in [3.63, 3.8) is 0 Å². The van der Waals surface area contributed by atoms with Crippen LogP contribution in [-0.2, 0) is 11.0 Å². The maximum atomic E-state index is 12.5. The van der Waals surface area contributed by atoms with Crippen molar-refractivity contribution in [3.8, 4) is 0 Å². The van der Waals surface area contributed by atoms with Crippen LogP contribution in [0.5, 0.6) is 0 Å². The molecule has 6 nitrogen and oxygen atoms in total. The summed E-state index contributed by atoms with van der Waals surface area (Å²) in [6.07, 6.45) is 3.56. The van der Waals surface area contributed by atoms with Crippen molar-refractivity contribution in [1.29, 1.82) is 0 Å². The molecule has 20 heavy (non-hydrogen) atoms. The van der Waals surface area contributed by atoms with Gasteiger partial charge in [0.05, 0.1) is 16.2 Å². The third-order valence-electron chi connectivity index (χ3n) is 3.07. The molecule has 3 atom stereocenters. The first-order chi connectivity index (χ1) is 9.43. The summed E-state index contributed by atoms with van der Waals surface area (Å²) in [5.41, 5.74) is -0.316. The van der Waals surface area contributed by atoms with E-state index in [1.807, 2.05) is 0 Å². The second-order valence-corrected chi connectivity index (χ2v) is 6.20. The van der Waals surface area contributed by atoms with Crippen molar-refractivity contribution in [3.05, 3.63) is 52.1 Å². The highest BCUT2D eigenvalue weighted by Gasteiger charge is 2.34. The molecular weight excluding hydrogens is 280 g/mol. The number of nitro benzene ring substituents is 1. The smallest absolute Gasteiger partial charge is 0.268 e. The first kappa shape index (κ1) is 14.4. The molecule has 1 heterocycles. The van der Waals surface area contributed by atoms with Gasteiger partial charge in [-0.15, -0.1) is 0 Å². The van der Waals surface area contributed by atoms with E-state index in [1.54, 1.807) is 32.1 Å². The van der Waals surface area contributed by atoms with Crippen molar-refractivity contribution in [1.82, 2.24) is 4.31 Å². The SMILES string of the molecule is C[C@@H]1C=C[C@H](C)N(C(=O)c2ccccc2[N+](=O)[O-])S1=O. The molecule has 0 aromatic heterocycles. The van der Waals surface area contributed by atoms with Crippen molar-refractivity contribution in [2.75, 3.05) is 0 Å². The molecule has 0 radical (unpaired) electrons. The Kier molecular flexibility index (Phi) is 3.99. The number of carbonyl (C=O) groups is 1. The maximum Gasteiger partial charge on any atom is 0.282 e. The normalized spacial score (nSPS) is 25.5. The van der Waals surface area contributed by atoms with Crippen molar-refractivity contribution in [2.45, 2.75) is 25.1 Å². The lowest BCUT2D eigenvalue weighted by atomic mass is 10.1. The largest absolute Gasteiger partial charge is 0.282 e. The van der Waals surface area contributed by atoms with Gasteiger partial charge in [-0.1, -0.05) is 24.3 Å². The molecule has 1 aliphatic rings. The highest BCUT2D eigenvalue weighted by molar-refractivity contribution is 7.84. The average molecular weight is 294 g/mol. The number of nitro groups is 1. The van der Waals surface area contributed by atoms with Gasteiger partial charge in [0.25, 0.3) is 11.6 Å². The van der Waals surface area contributed by atoms with E-state index in [9.17, 15) is 19.1 Å². The summed E-state index contributed by atoms with van der Waals surface area (Å²) >= 11 is 0. The molecule has 0 spiro atoms. The third-order valence-corrected chi connectivity index (χ3v) is 4.75. The number of hydrogen-bond acceptors (Lipinski definition) is 4. The van der Waals surface area contributed by atoms with Crippen LogP contribution in [0.2, 0.25) is 0 Å². The van der Waals surface area contributed by atoms with Gasteiger partial charge in [-0.25, -0.2) is 8.51 Å². The Hall–Kier alpha value is -2.02. The lowest BCUT2D eigenvalue weighted by molar-refractivity contribution is -0.385. The summed E-state index contributed by atoms with van der Waals surface area (Å²) in [5, 5.41) is 10.7. The molecule has 1 aromatic carbocycles. The molecule has 1 aliphatic heterocycles. The summed E-state index contributed by atoms with van der Waals surface area (Å²) in [7, 11) is -1.53. The number of carbonyl (C=O) groups excluding carboxylic acids is 1. The van der Waals surface area contributed by atoms with Gasteiger partial charge in [-0.05, 0) is 19.9 Å². The predicted molar refractivity (Wildman–Crippen MR) is 75.5 cm³/mol. The summed E-state index contributed by atoms with van der Waals surface area (Å²) in [4.78, 5) is 22.9. The first-order valence-electron chi connectivity index (χ1n) is 6.09. The van der Waals surface area contributed by atoms with Crippen LogP contribution in [0.25, 0.3) is 0 Å². The Morgan fingerprint density at radius 3 is 2.60 bits per heavy atom. The summed E-state index contributed by atoms with van der Waals surface area (Å²) in [6.45, 7) is 3.46. The van der Waals surface area contributed by atoms with Crippen LogP contribution in [0, 0.1) is 10.1 Å².